The van der Waals surface area contributed by atoms with Gasteiger partial charge >= 0.3 is 0 Å². The topological polar surface area (TPSA) is 90.7 Å². The fourth-order valence-electron chi connectivity index (χ4n) is 1.93. The zero-order chi connectivity index (χ0) is 16.7. The first-order valence-electron chi connectivity index (χ1n) is 6.86. The number of nitrogens with zero attached hydrogens (tertiary/aromatic N) is 1. The van der Waals surface area contributed by atoms with Crippen LogP contribution in [0.2, 0.25) is 0 Å². The Morgan fingerprint density at radius 3 is 2.74 bits per heavy atom. The molecular formula is C16H16N2O5. The van der Waals surface area contributed by atoms with Gasteiger partial charge in [-0.3, -0.25) is 14.9 Å². The maximum absolute atomic E-state index is 11.8. The van der Waals surface area contributed by atoms with E-state index >= 15 is 0 Å². The van der Waals surface area contributed by atoms with Crippen molar-refractivity contribution in [3.63, 3.8) is 0 Å². The molecule has 0 fully saturated rings. The lowest BCUT2D eigenvalue weighted by molar-refractivity contribution is -0.384. The molecule has 0 aliphatic carbocycles. The summed E-state index contributed by atoms with van der Waals surface area (Å²) in [5.41, 5.74) is 0.760. The van der Waals surface area contributed by atoms with Crippen LogP contribution in [0, 0.1) is 10.1 Å². The van der Waals surface area contributed by atoms with Gasteiger partial charge in [-0.1, -0.05) is 24.3 Å². The van der Waals surface area contributed by atoms with Crippen LogP contribution in [0.1, 0.15) is 5.56 Å². The number of hydrogen-bond donors (Lipinski definition) is 1. The average molecular weight is 316 g/mol. The van der Waals surface area contributed by atoms with E-state index in [9.17, 15) is 14.9 Å². The van der Waals surface area contributed by atoms with Crippen molar-refractivity contribution < 1.29 is 19.2 Å². The quantitative estimate of drug-likeness (QED) is 0.625. The highest BCUT2D eigenvalue weighted by Crippen LogP contribution is 2.19. The van der Waals surface area contributed by atoms with Gasteiger partial charge in [0.15, 0.2) is 6.61 Å². The number of amides is 1. The van der Waals surface area contributed by atoms with Gasteiger partial charge < -0.3 is 14.8 Å². The van der Waals surface area contributed by atoms with E-state index in [1.54, 1.807) is 19.2 Å². The number of hydrogen-bond acceptors (Lipinski definition) is 5. The molecule has 7 heteroatoms. The van der Waals surface area contributed by atoms with E-state index in [0.29, 0.717) is 12.3 Å². The van der Waals surface area contributed by atoms with Crippen molar-refractivity contribution in [1.29, 1.82) is 0 Å². The minimum absolute atomic E-state index is 0.0862. The molecule has 0 saturated heterocycles. The summed E-state index contributed by atoms with van der Waals surface area (Å²) in [6, 6.07) is 13.0. The minimum Gasteiger partial charge on any atom is -0.496 e. The second kappa shape index (κ2) is 7.79. The van der Waals surface area contributed by atoms with Gasteiger partial charge in [0.25, 0.3) is 11.6 Å². The molecule has 0 radical (unpaired) electrons. The molecule has 0 aliphatic rings. The summed E-state index contributed by atoms with van der Waals surface area (Å²) in [6.45, 7) is 0.0808. The molecule has 0 aromatic heterocycles. The fourth-order valence-corrected chi connectivity index (χ4v) is 1.93. The van der Waals surface area contributed by atoms with E-state index in [0.717, 1.165) is 5.56 Å². The molecular weight excluding hydrogens is 300 g/mol. The Kier molecular flexibility index (Phi) is 5.51. The number of non-ortho nitro benzene ring substituents is 1. The third kappa shape index (κ3) is 4.70. The highest BCUT2D eigenvalue weighted by molar-refractivity contribution is 5.77. The van der Waals surface area contributed by atoms with Gasteiger partial charge in [-0.2, -0.15) is 0 Å². The Labute approximate surface area is 133 Å². The van der Waals surface area contributed by atoms with Gasteiger partial charge in [-0.25, -0.2) is 0 Å². The number of para-hydroxylation sites is 1. The van der Waals surface area contributed by atoms with Gasteiger partial charge in [0.2, 0.25) is 0 Å². The first-order chi connectivity index (χ1) is 11.1. The van der Waals surface area contributed by atoms with Crippen LogP contribution in [0.25, 0.3) is 0 Å². The number of carbonyl (C=O) groups is 1. The number of nitro benzene ring substituents is 1. The zero-order valence-corrected chi connectivity index (χ0v) is 12.5. The van der Waals surface area contributed by atoms with Crippen LogP contribution in [-0.4, -0.2) is 24.5 Å². The number of ether oxygens (including phenoxy) is 2. The van der Waals surface area contributed by atoms with Crippen molar-refractivity contribution in [2.75, 3.05) is 13.7 Å². The maximum atomic E-state index is 11.8. The number of nitrogens with one attached hydrogen (secondary N) is 1. The molecule has 2 aromatic carbocycles. The van der Waals surface area contributed by atoms with Crippen LogP contribution >= 0.6 is 0 Å². The van der Waals surface area contributed by atoms with Crippen molar-refractivity contribution in [3.8, 4) is 11.5 Å². The number of methoxy groups -OCH3 is 1. The second-order valence-corrected chi connectivity index (χ2v) is 4.63. The Bertz CT molecular complexity index is 702. The SMILES string of the molecule is COc1ccccc1CNC(=O)COc1cccc([N+](=O)[O-])c1. The highest BCUT2D eigenvalue weighted by atomic mass is 16.6. The van der Waals surface area contributed by atoms with Crippen LogP contribution in [0.5, 0.6) is 11.5 Å². The number of benzene rings is 2. The van der Waals surface area contributed by atoms with Crippen molar-refractivity contribution in [1.82, 2.24) is 5.32 Å². The lowest BCUT2D eigenvalue weighted by atomic mass is 10.2. The first kappa shape index (κ1) is 16.3. The molecule has 7 nitrogen and oxygen atoms in total. The van der Waals surface area contributed by atoms with E-state index in [1.807, 2.05) is 18.2 Å². The van der Waals surface area contributed by atoms with E-state index in [2.05, 4.69) is 5.32 Å². The summed E-state index contributed by atoms with van der Waals surface area (Å²) in [5, 5.41) is 13.4. The standard InChI is InChI=1S/C16H16N2O5/c1-22-15-8-3-2-5-12(15)10-17-16(19)11-23-14-7-4-6-13(9-14)18(20)21/h2-9H,10-11H2,1H3,(H,17,19). The molecule has 0 heterocycles. The lowest BCUT2D eigenvalue weighted by Gasteiger charge is -2.10. The molecule has 1 N–H and O–H groups in total. The molecule has 0 bridgehead atoms. The largest absolute Gasteiger partial charge is 0.496 e. The minimum atomic E-state index is -0.519. The number of rotatable bonds is 7. The van der Waals surface area contributed by atoms with E-state index < -0.39 is 4.92 Å². The van der Waals surface area contributed by atoms with Gasteiger partial charge in [0.1, 0.15) is 11.5 Å². The predicted octanol–water partition coefficient (Wildman–Crippen LogP) is 2.30. The molecule has 0 spiro atoms. The van der Waals surface area contributed by atoms with Crippen molar-refractivity contribution in [3.05, 3.63) is 64.2 Å². The van der Waals surface area contributed by atoms with Crippen molar-refractivity contribution in [2.24, 2.45) is 0 Å². The Balaban J connectivity index is 1.86. The summed E-state index contributed by atoms with van der Waals surface area (Å²) in [6.07, 6.45) is 0. The Morgan fingerprint density at radius 2 is 2.00 bits per heavy atom. The summed E-state index contributed by atoms with van der Waals surface area (Å²) in [5.74, 6) is 0.626. The van der Waals surface area contributed by atoms with Gasteiger partial charge in [0, 0.05) is 18.2 Å². The summed E-state index contributed by atoms with van der Waals surface area (Å²) >= 11 is 0. The van der Waals surface area contributed by atoms with Crippen LogP contribution in [0.4, 0.5) is 5.69 Å². The normalized spacial score (nSPS) is 9.96. The second-order valence-electron chi connectivity index (χ2n) is 4.63. The van der Waals surface area contributed by atoms with Gasteiger partial charge in [-0.05, 0) is 12.1 Å². The van der Waals surface area contributed by atoms with Crippen LogP contribution in [-0.2, 0) is 11.3 Å². The molecule has 0 atom stereocenters. The number of carbonyl (C=O) groups excluding carboxylic acids is 1. The molecule has 23 heavy (non-hydrogen) atoms. The fraction of sp³-hybridized carbons (Fsp3) is 0.188. The Morgan fingerprint density at radius 1 is 1.22 bits per heavy atom. The van der Waals surface area contributed by atoms with Gasteiger partial charge in [-0.15, -0.1) is 0 Å². The third-order valence-corrected chi connectivity index (χ3v) is 3.07. The van der Waals surface area contributed by atoms with Crippen molar-refractivity contribution in [2.45, 2.75) is 6.54 Å². The molecule has 0 aliphatic heterocycles. The monoisotopic (exact) mass is 316 g/mol. The number of nitro groups is 1. The van der Waals surface area contributed by atoms with Crippen molar-refractivity contribution >= 4 is 11.6 Å². The van der Waals surface area contributed by atoms with E-state index in [1.165, 1.54) is 18.2 Å². The third-order valence-electron chi connectivity index (χ3n) is 3.07. The summed E-state index contributed by atoms with van der Waals surface area (Å²) in [4.78, 5) is 21.9. The van der Waals surface area contributed by atoms with E-state index in [4.69, 9.17) is 9.47 Å². The molecule has 120 valence electrons. The first-order valence-corrected chi connectivity index (χ1v) is 6.86. The molecule has 2 aromatic rings. The molecule has 0 saturated carbocycles. The highest BCUT2D eigenvalue weighted by Gasteiger charge is 2.09. The zero-order valence-electron chi connectivity index (χ0n) is 12.5. The average Bonchev–Trinajstić information content (AvgIpc) is 2.58. The van der Waals surface area contributed by atoms with E-state index in [-0.39, 0.29) is 24.0 Å². The smallest absolute Gasteiger partial charge is 0.273 e. The van der Waals surface area contributed by atoms with Crippen LogP contribution in [0.15, 0.2) is 48.5 Å². The molecule has 1 amide bonds. The molecule has 2 rings (SSSR count). The molecule has 0 unspecified atom stereocenters. The predicted molar refractivity (Wildman–Crippen MR) is 83.4 cm³/mol. The van der Waals surface area contributed by atoms with Gasteiger partial charge in [0.05, 0.1) is 18.1 Å². The maximum Gasteiger partial charge on any atom is 0.273 e. The van der Waals surface area contributed by atoms with Crippen LogP contribution < -0.4 is 14.8 Å². The van der Waals surface area contributed by atoms with Crippen LogP contribution in [0.3, 0.4) is 0 Å². The lowest BCUT2D eigenvalue weighted by Crippen LogP contribution is -2.28. The Hall–Kier alpha value is -3.09. The summed E-state index contributed by atoms with van der Waals surface area (Å²) < 4.78 is 10.5. The summed E-state index contributed by atoms with van der Waals surface area (Å²) in [7, 11) is 1.56.